The number of aliphatic hydroxyl groups is 4. The summed E-state index contributed by atoms with van der Waals surface area (Å²) in [4.78, 5) is 0. The molecule has 9 unspecified atom stereocenters. The molecule has 2 aliphatic rings. The molecule has 1 saturated heterocycles. The Morgan fingerprint density at radius 2 is 1.62 bits per heavy atom. The van der Waals surface area contributed by atoms with E-state index in [4.69, 9.17) is 26.7 Å². The number of ether oxygens (including phenoxy) is 2. The van der Waals surface area contributed by atoms with E-state index in [1.165, 1.54) is 0 Å². The zero-order chi connectivity index (χ0) is 15.7. The fraction of sp³-hybridized carbons (Fsp3) is 1.00. The van der Waals surface area contributed by atoms with E-state index in [2.05, 4.69) is 0 Å². The van der Waals surface area contributed by atoms with Crippen molar-refractivity contribution in [2.45, 2.75) is 67.8 Å². The van der Waals surface area contributed by atoms with Crippen LogP contribution in [0.15, 0.2) is 0 Å². The van der Waals surface area contributed by atoms with Gasteiger partial charge in [0.1, 0.15) is 24.4 Å². The highest BCUT2D eigenvalue weighted by Gasteiger charge is 2.45. The van der Waals surface area contributed by atoms with Gasteiger partial charge in [0.25, 0.3) is 0 Å². The van der Waals surface area contributed by atoms with Gasteiger partial charge in [-0.15, -0.1) is 0 Å². The molecule has 0 bridgehead atoms. The van der Waals surface area contributed by atoms with Gasteiger partial charge in [-0.05, 0) is 12.8 Å². The standard InChI is InChI=1S/C12H25N3O6/c13-3-6-10(18)11(19)7(15)12(21-6)20-5-2-1-4(14)8(16)9(5)17/h4-12,16-19H,1-3,13-15H2. The Balaban J connectivity index is 2.01. The lowest BCUT2D eigenvalue weighted by atomic mass is 9.88. The van der Waals surface area contributed by atoms with Crippen molar-refractivity contribution >= 4 is 0 Å². The van der Waals surface area contributed by atoms with Crippen LogP contribution in [0.2, 0.25) is 0 Å². The minimum absolute atomic E-state index is 0.00841. The monoisotopic (exact) mass is 307 g/mol. The molecule has 1 aliphatic heterocycles. The molecule has 9 nitrogen and oxygen atoms in total. The van der Waals surface area contributed by atoms with Crippen LogP contribution in [0.25, 0.3) is 0 Å². The molecule has 21 heavy (non-hydrogen) atoms. The second kappa shape index (κ2) is 6.82. The van der Waals surface area contributed by atoms with Gasteiger partial charge < -0.3 is 47.1 Å². The highest BCUT2D eigenvalue weighted by Crippen LogP contribution is 2.27. The van der Waals surface area contributed by atoms with Gasteiger partial charge in [-0.3, -0.25) is 0 Å². The molecule has 0 aromatic carbocycles. The summed E-state index contributed by atoms with van der Waals surface area (Å²) in [6.45, 7) is -0.00841. The fourth-order valence-electron chi connectivity index (χ4n) is 2.76. The topological polar surface area (TPSA) is 177 Å². The molecule has 1 saturated carbocycles. The van der Waals surface area contributed by atoms with Crippen molar-refractivity contribution in [2.75, 3.05) is 6.54 Å². The predicted molar refractivity (Wildman–Crippen MR) is 71.8 cm³/mol. The van der Waals surface area contributed by atoms with Crippen LogP contribution in [0.4, 0.5) is 0 Å². The summed E-state index contributed by atoms with van der Waals surface area (Å²) in [5, 5.41) is 39.4. The van der Waals surface area contributed by atoms with Crippen LogP contribution in [0.3, 0.4) is 0 Å². The maximum absolute atomic E-state index is 9.98. The molecule has 0 radical (unpaired) electrons. The Kier molecular flexibility index (Phi) is 5.52. The molecular formula is C12H25N3O6. The van der Waals surface area contributed by atoms with Crippen LogP contribution in [-0.2, 0) is 9.47 Å². The van der Waals surface area contributed by atoms with E-state index in [0.29, 0.717) is 12.8 Å². The first-order valence-electron chi connectivity index (χ1n) is 7.11. The summed E-state index contributed by atoms with van der Waals surface area (Å²) in [6, 6.07) is -1.49. The lowest BCUT2D eigenvalue weighted by Crippen LogP contribution is -2.64. The van der Waals surface area contributed by atoms with E-state index in [0.717, 1.165) is 0 Å². The smallest absolute Gasteiger partial charge is 0.176 e. The molecule has 0 aromatic rings. The lowest BCUT2D eigenvalue weighted by Gasteiger charge is -2.44. The first-order chi connectivity index (χ1) is 9.86. The van der Waals surface area contributed by atoms with Gasteiger partial charge in [0.15, 0.2) is 6.29 Å². The van der Waals surface area contributed by atoms with Gasteiger partial charge in [-0.2, -0.15) is 0 Å². The third-order valence-corrected chi connectivity index (χ3v) is 4.24. The van der Waals surface area contributed by atoms with E-state index in [9.17, 15) is 20.4 Å². The zero-order valence-electron chi connectivity index (χ0n) is 11.7. The molecule has 0 spiro atoms. The quantitative estimate of drug-likeness (QED) is 0.273. The van der Waals surface area contributed by atoms with Crippen molar-refractivity contribution in [3.05, 3.63) is 0 Å². The summed E-state index contributed by atoms with van der Waals surface area (Å²) >= 11 is 0. The molecule has 9 heteroatoms. The van der Waals surface area contributed by atoms with Crippen LogP contribution in [0, 0.1) is 0 Å². The minimum atomic E-state index is -1.25. The summed E-state index contributed by atoms with van der Waals surface area (Å²) < 4.78 is 11.0. The average Bonchev–Trinajstić information content (AvgIpc) is 2.48. The molecular weight excluding hydrogens is 282 g/mol. The molecule has 9 atom stereocenters. The van der Waals surface area contributed by atoms with Crippen molar-refractivity contribution in [3.63, 3.8) is 0 Å². The molecule has 124 valence electrons. The van der Waals surface area contributed by atoms with Gasteiger partial charge in [0, 0.05) is 12.6 Å². The summed E-state index contributed by atoms with van der Waals surface area (Å²) in [6.07, 6.45) is -6.33. The van der Waals surface area contributed by atoms with Crippen LogP contribution in [-0.4, -0.2) is 82.0 Å². The lowest BCUT2D eigenvalue weighted by molar-refractivity contribution is -0.285. The normalized spacial score (nSPS) is 51.9. The number of rotatable bonds is 3. The van der Waals surface area contributed by atoms with Crippen LogP contribution >= 0.6 is 0 Å². The highest BCUT2D eigenvalue weighted by molar-refractivity contribution is 4.95. The van der Waals surface area contributed by atoms with Gasteiger partial charge in [0.05, 0.1) is 18.2 Å². The molecule has 0 aromatic heterocycles. The van der Waals surface area contributed by atoms with Crippen molar-refractivity contribution in [2.24, 2.45) is 17.2 Å². The van der Waals surface area contributed by atoms with E-state index in [-0.39, 0.29) is 6.54 Å². The van der Waals surface area contributed by atoms with Gasteiger partial charge in [0.2, 0.25) is 0 Å². The van der Waals surface area contributed by atoms with Crippen LogP contribution < -0.4 is 17.2 Å². The van der Waals surface area contributed by atoms with Crippen molar-refractivity contribution in [3.8, 4) is 0 Å². The number of hydrogen-bond donors (Lipinski definition) is 7. The van der Waals surface area contributed by atoms with E-state index in [1.807, 2.05) is 0 Å². The number of nitrogens with two attached hydrogens (primary N) is 3. The highest BCUT2D eigenvalue weighted by atomic mass is 16.7. The zero-order valence-corrected chi connectivity index (χ0v) is 11.7. The number of aliphatic hydroxyl groups excluding tert-OH is 4. The first-order valence-corrected chi connectivity index (χ1v) is 7.11. The Labute approximate surface area is 122 Å². The summed E-state index contributed by atoms with van der Waals surface area (Å²) in [5.74, 6) is 0. The minimum Gasteiger partial charge on any atom is -0.389 e. The van der Waals surface area contributed by atoms with E-state index in [1.54, 1.807) is 0 Å². The molecule has 10 N–H and O–H groups in total. The third-order valence-electron chi connectivity index (χ3n) is 4.24. The predicted octanol–water partition coefficient (Wildman–Crippen LogP) is -4.05. The van der Waals surface area contributed by atoms with E-state index < -0.39 is 55.0 Å². The maximum Gasteiger partial charge on any atom is 0.176 e. The second-order valence-electron chi connectivity index (χ2n) is 5.73. The van der Waals surface area contributed by atoms with Crippen molar-refractivity contribution in [1.29, 1.82) is 0 Å². The SMILES string of the molecule is NCC1OC(OC2CCC(N)C(O)C2O)C(N)C(O)C1O. The fourth-order valence-corrected chi connectivity index (χ4v) is 2.76. The van der Waals surface area contributed by atoms with Crippen molar-refractivity contribution < 1.29 is 29.9 Å². The van der Waals surface area contributed by atoms with Gasteiger partial charge >= 0.3 is 0 Å². The molecule has 2 fully saturated rings. The Morgan fingerprint density at radius 1 is 0.952 bits per heavy atom. The second-order valence-corrected chi connectivity index (χ2v) is 5.73. The Bertz CT molecular complexity index is 347. The van der Waals surface area contributed by atoms with Crippen LogP contribution in [0.1, 0.15) is 12.8 Å². The number of hydrogen-bond acceptors (Lipinski definition) is 9. The average molecular weight is 307 g/mol. The Morgan fingerprint density at radius 3 is 2.24 bits per heavy atom. The third kappa shape index (κ3) is 3.36. The van der Waals surface area contributed by atoms with Crippen molar-refractivity contribution in [1.82, 2.24) is 0 Å². The summed E-state index contributed by atoms with van der Waals surface area (Å²) in [5.41, 5.74) is 16.9. The van der Waals surface area contributed by atoms with Gasteiger partial charge in [-0.25, -0.2) is 0 Å². The summed E-state index contributed by atoms with van der Waals surface area (Å²) in [7, 11) is 0. The first kappa shape index (κ1) is 17.0. The van der Waals surface area contributed by atoms with E-state index >= 15 is 0 Å². The molecule has 1 aliphatic carbocycles. The molecule has 0 amide bonds. The van der Waals surface area contributed by atoms with Crippen LogP contribution in [0.5, 0.6) is 0 Å². The largest absolute Gasteiger partial charge is 0.389 e. The maximum atomic E-state index is 9.98. The Hall–Kier alpha value is -0.360. The molecule has 1 heterocycles. The van der Waals surface area contributed by atoms with Gasteiger partial charge in [-0.1, -0.05) is 0 Å². The molecule has 2 rings (SSSR count).